The molecule has 0 fully saturated rings. The summed E-state index contributed by atoms with van der Waals surface area (Å²) in [5, 5.41) is 8.63. The molecule has 0 atom stereocenters. The fraction of sp³-hybridized carbons (Fsp3) is 0.417. The molecule has 0 aliphatic heterocycles. The summed E-state index contributed by atoms with van der Waals surface area (Å²) in [4.78, 5) is 17.8. The van der Waals surface area contributed by atoms with Crippen LogP contribution in [-0.4, -0.2) is 42.6 Å². The van der Waals surface area contributed by atoms with Crippen molar-refractivity contribution in [3.05, 3.63) is 24.0 Å². The second-order valence-corrected chi connectivity index (χ2v) is 3.76. The Hall–Kier alpha value is -2.17. The van der Waals surface area contributed by atoms with Gasteiger partial charge in [-0.05, 0) is 6.07 Å². The molecule has 0 aliphatic carbocycles. The van der Waals surface area contributed by atoms with Gasteiger partial charge in [0.2, 0.25) is 0 Å². The molecule has 102 valence electrons. The topological polar surface area (TPSA) is 104 Å². The van der Waals surface area contributed by atoms with Gasteiger partial charge in [-0.2, -0.15) is 5.26 Å². The number of rotatable bonds is 7. The van der Waals surface area contributed by atoms with Gasteiger partial charge in [-0.3, -0.25) is 15.6 Å². The number of carbonyl (C=O) groups excluding carboxylic acids is 1. The molecule has 1 aromatic heterocycles. The van der Waals surface area contributed by atoms with E-state index in [0.29, 0.717) is 30.9 Å². The van der Waals surface area contributed by atoms with Gasteiger partial charge in [-0.25, -0.2) is 0 Å². The first-order chi connectivity index (χ1) is 9.24. The highest BCUT2D eigenvalue weighted by Gasteiger charge is 2.18. The molecular weight excluding hydrogens is 246 g/mol. The van der Waals surface area contributed by atoms with Gasteiger partial charge in [-0.1, -0.05) is 0 Å². The average Bonchev–Trinajstić information content (AvgIpc) is 2.46. The fourth-order valence-corrected chi connectivity index (χ4v) is 1.57. The molecular formula is C12H17N5O2. The van der Waals surface area contributed by atoms with Crippen LogP contribution in [0.2, 0.25) is 0 Å². The number of nitriles is 1. The van der Waals surface area contributed by atoms with Crippen LogP contribution in [0.15, 0.2) is 18.5 Å². The Morgan fingerprint density at radius 1 is 1.63 bits per heavy atom. The number of hydrogen-bond donors (Lipinski definition) is 2. The third kappa shape index (κ3) is 4.21. The number of pyridine rings is 1. The van der Waals surface area contributed by atoms with Gasteiger partial charge >= 0.3 is 0 Å². The summed E-state index contributed by atoms with van der Waals surface area (Å²) in [7, 11) is 1.56. The number of nitrogens with two attached hydrogens (primary N) is 1. The van der Waals surface area contributed by atoms with Gasteiger partial charge in [0.15, 0.2) is 0 Å². The second kappa shape index (κ2) is 8.02. The summed E-state index contributed by atoms with van der Waals surface area (Å²) in [5.41, 5.74) is 3.31. The number of methoxy groups -OCH3 is 1. The van der Waals surface area contributed by atoms with Crippen LogP contribution < -0.4 is 11.3 Å². The van der Waals surface area contributed by atoms with Gasteiger partial charge in [0.25, 0.3) is 5.91 Å². The minimum absolute atomic E-state index is 0.206. The molecule has 0 unspecified atom stereocenters. The van der Waals surface area contributed by atoms with Crippen molar-refractivity contribution in [1.82, 2.24) is 9.88 Å². The molecule has 7 heteroatoms. The lowest BCUT2D eigenvalue weighted by atomic mass is 10.2. The van der Waals surface area contributed by atoms with Crippen LogP contribution in [0.5, 0.6) is 0 Å². The maximum absolute atomic E-state index is 12.4. The molecule has 0 radical (unpaired) electrons. The molecule has 0 aliphatic rings. The fourth-order valence-electron chi connectivity index (χ4n) is 1.57. The molecule has 0 aromatic carbocycles. The SMILES string of the molecule is COCCN(CCC#N)C(=O)c1ccncc1NN. The molecule has 1 amide bonds. The highest BCUT2D eigenvalue weighted by molar-refractivity contribution is 5.99. The third-order valence-electron chi connectivity index (χ3n) is 2.55. The van der Waals surface area contributed by atoms with E-state index in [4.69, 9.17) is 15.8 Å². The monoisotopic (exact) mass is 263 g/mol. The Kier molecular flexibility index (Phi) is 6.29. The van der Waals surface area contributed by atoms with E-state index in [1.807, 2.05) is 6.07 Å². The van der Waals surface area contributed by atoms with Crippen molar-refractivity contribution in [2.75, 3.05) is 32.2 Å². The van der Waals surface area contributed by atoms with Crippen molar-refractivity contribution in [3.63, 3.8) is 0 Å². The molecule has 1 aromatic rings. The van der Waals surface area contributed by atoms with Crippen LogP contribution in [0.25, 0.3) is 0 Å². The predicted octanol–water partition coefficient (Wildman–Crippen LogP) is 0.369. The smallest absolute Gasteiger partial charge is 0.256 e. The number of nitrogen functional groups attached to an aromatic ring is 1. The molecule has 1 heterocycles. The van der Waals surface area contributed by atoms with Gasteiger partial charge in [-0.15, -0.1) is 0 Å². The standard InChI is InChI=1S/C12H17N5O2/c1-19-8-7-17(6-2-4-13)12(18)10-3-5-15-9-11(10)16-14/h3,5,9,16H,2,6-8,14H2,1H3. The summed E-state index contributed by atoms with van der Waals surface area (Å²) in [6.07, 6.45) is 3.27. The Morgan fingerprint density at radius 2 is 2.42 bits per heavy atom. The van der Waals surface area contributed by atoms with E-state index in [9.17, 15) is 4.79 Å². The number of nitrogens with one attached hydrogen (secondary N) is 1. The van der Waals surface area contributed by atoms with Crippen molar-refractivity contribution >= 4 is 11.6 Å². The maximum Gasteiger partial charge on any atom is 0.256 e. The van der Waals surface area contributed by atoms with Gasteiger partial charge in [0, 0.05) is 26.4 Å². The number of anilines is 1. The average molecular weight is 263 g/mol. The zero-order valence-corrected chi connectivity index (χ0v) is 10.8. The second-order valence-electron chi connectivity index (χ2n) is 3.76. The van der Waals surface area contributed by atoms with Crippen molar-refractivity contribution < 1.29 is 9.53 Å². The van der Waals surface area contributed by atoms with E-state index in [-0.39, 0.29) is 12.3 Å². The largest absolute Gasteiger partial charge is 0.383 e. The van der Waals surface area contributed by atoms with Crippen molar-refractivity contribution in [1.29, 1.82) is 5.26 Å². The van der Waals surface area contributed by atoms with Crippen LogP contribution in [0, 0.1) is 11.3 Å². The third-order valence-corrected chi connectivity index (χ3v) is 2.55. The van der Waals surface area contributed by atoms with E-state index < -0.39 is 0 Å². The highest BCUT2D eigenvalue weighted by atomic mass is 16.5. The molecule has 0 saturated carbocycles. The quantitative estimate of drug-likeness (QED) is 0.544. The molecule has 0 bridgehead atoms. The lowest BCUT2D eigenvalue weighted by Crippen LogP contribution is -2.35. The van der Waals surface area contributed by atoms with E-state index in [1.165, 1.54) is 12.4 Å². The van der Waals surface area contributed by atoms with Crippen molar-refractivity contribution in [2.24, 2.45) is 5.84 Å². The Balaban J connectivity index is 2.88. The Morgan fingerprint density at radius 3 is 3.05 bits per heavy atom. The van der Waals surface area contributed by atoms with E-state index in [1.54, 1.807) is 18.1 Å². The number of hydrazine groups is 1. The first-order valence-corrected chi connectivity index (χ1v) is 5.80. The Bertz CT molecular complexity index is 458. The van der Waals surface area contributed by atoms with Crippen molar-refractivity contribution in [3.8, 4) is 6.07 Å². The summed E-state index contributed by atoms with van der Waals surface area (Å²) in [6.45, 7) is 1.18. The summed E-state index contributed by atoms with van der Waals surface area (Å²) < 4.78 is 4.97. The van der Waals surface area contributed by atoms with Gasteiger partial charge in [0.05, 0.1) is 36.5 Å². The molecule has 7 nitrogen and oxygen atoms in total. The zero-order valence-electron chi connectivity index (χ0n) is 10.8. The van der Waals surface area contributed by atoms with Crippen LogP contribution in [0.3, 0.4) is 0 Å². The number of amides is 1. The summed E-state index contributed by atoms with van der Waals surface area (Å²) in [6, 6.07) is 3.61. The number of hydrogen-bond acceptors (Lipinski definition) is 6. The van der Waals surface area contributed by atoms with E-state index >= 15 is 0 Å². The normalized spacial score (nSPS) is 9.74. The minimum Gasteiger partial charge on any atom is -0.383 e. The first kappa shape index (κ1) is 14.9. The summed E-state index contributed by atoms with van der Waals surface area (Å²) >= 11 is 0. The van der Waals surface area contributed by atoms with Crippen LogP contribution in [0.1, 0.15) is 16.8 Å². The van der Waals surface area contributed by atoms with Crippen molar-refractivity contribution in [2.45, 2.75) is 6.42 Å². The molecule has 19 heavy (non-hydrogen) atoms. The van der Waals surface area contributed by atoms with Crippen LogP contribution in [0.4, 0.5) is 5.69 Å². The molecule has 0 spiro atoms. The molecule has 3 N–H and O–H groups in total. The molecule has 0 saturated heterocycles. The van der Waals surface area contributed by atoms with Crippen LogP contribution in [-0.2, 0) is 4.74 Å². The number of carbonyl (C=O) groups is 1. The highest BCUT2D eigenvalue weighted by Crippen LogP contribution is 2.14. The van der Waals surface area contributed by atoms with Gasteiger partial charge in [0.1, 0.15) is 0 Å². The van der Waals surface area contributed by atoms with E-state index in [0.717, 1.165) is 0 Å². The number of nitrogens with zero attached hydrogens (tertiary/aromatic N) is 3. The zero-order chi connectivity index (χ0) is 14.1. The lowest BCUT2D eigenvalue weighted by molar-refractivity contribution is 0.0700. The first-order valence-electron chi connectivity index (χ1n) is 5.80. The number of ether oxygens (including phenoxy) is 1. The minimum atomic E-state index is -0.206. The molecule has 1 rings (SSSR count). The maximum atomic E-state index is 12.4. The predicted molar refractivity (Wildman–Crippen MR) is 70.1 cm³/mol. The Labute approximate surface area is 111 Å². The lowest BCUT2D eigenvalue weighted by Gasteiger charge is -2.22. The van der Waals surface area contributed by atoms with Crippen LogP contribution >= 0.6 is 0 Å². The van der Waals surface area contributed by atoms with Gasteiger partial charge < -0.3 is 15.1 Å². The summed E-state index contributed by atoms with van der Waals surface area (Å²) in [5.74, 6) is 5.15. The number of aromatic nitrogens is 1. The van der Waals surface area contributed by atoms with E-state index in [2.05, 4.69) is 10.4 Å².